The van der Waals surface area contributed by atoms with Gasteiger partial charge in [-0.3, -0.25) is 0 Å². The van der Waals surface area contributed by atoms with Gasteiger partial charge in [0.05, 0.1) is 0 Å². The van der Waals surface area contributed by atoms with Gasteiger partial charge in [-0.15, -0.1) is 13.2 Å². The second-order valence-electron chi connectivity index (χ2n) is 6.89. The van der Waals surface area contributed by atoms with Crippen LogP contribution in [0.5, 0.6) is 0 Å². The Balaban J connectivity index is 1.82. The first kappa shape index (κ1) is 17.5. The summed E-state index contributed by atoms with van der Waals surface area (Å²) in [6, 6.07) is 18.4. The van der Waals surface area contributed by atoms with Gasteiger partial charge in [-0.1, -0.05) is 60.7 Å². The van der Waals surface area contributed by atoms with Gasteiger partial charge in [0, 0.05) is 0 Å². The number of rotatable bonds is 9. The van der Waals surface area contributed by atoms with Crippen LogP contribution >= 0.6 is 0 Å². The van der Waals surface area contributed by atoms with Gasteiger partial charge in [0.1, 0.15) is 0 Å². The van der Waals surface area contributed by atoms with Crippen molar-refractivity contribution in [1.29, 1.82) is 0 Å². The van der Waals surface area contributed by atoms with E-state index in [0.29, 0.717) is 0 Å². The van der Waals surface area contributed by atoms with Crippen LogP contribution in [0.3, 0.4) is 0 Å². The second-order valence-corrected chi connectivity index (χ2v) is 6.89. The van der Waals surface area contributed by atoms with E-state index in [1.165, 1.54) is 51.9 Å². The number of fused-ring (bicyclic) bond motifs is 3. The Morgan fingerprint density at radius 1 is 0.600 bits per heavy atom. The minimum absolute atomic E-state index is 1.09. The largest absolute Gasteiger partial charge is 0.103 e. The highest BCUT2D eigenvalue weighted by Crippen LogP contribution is 2.28. The smallest absolute Gasteiger partial charge is 0.0105 e. The van der Waals surface area contributed by atoms with E-state index in [2.05, 4.69) is 61.7 Å². The molecular formula is C25H28. The van der Waals surface area contributed by atoms with E-state index in [4.69, 9.17) is 0 Å². The maximum Gasteiger partial charge on any atom is -0.0105 e. The van der Waals surface area contributed by atoms with Gasteiger partial charge in [0.15, 0.2) is 0 Å². The lowest BCUT2D eigenvalue weighted by Gasteiger charge is -2.09. The van der Waals surface area contributed by atoms with Crippen LogP contribution in [-0.4, -0.2) is 0 Å². The fourth-order valence-electron chi connectivity index (χ4n) is 3.55. The van der Waals surface area contributed by atoms with E-state index in [1.54, 1.807) is 0 Å². The summed E-state index contributed by atoms with van der Waals surface area (Å²) in [5.74, 6) is 0. The molecule has 25 heavy (non-hydrogen) atoms. The first-order valence-electron chi connectivity index (χ1n) is 9.48. The van der Waals surface area contributed by atoms with Crippen molar-refractivity contribution in [2.24, 2.45) is 0 Å². The summed E-state index contributed by atoms with van der Waals surface area (Å²) < 4.78 is 0. The van der Waals surface area contributed by atoms with Crippen LogP contribution in [0.4, 0.5) is 0 Å². The van der Waals surface area contributed by atoms with Crippen LogP contribution in [0.15, 0.2) is 73.8 Å². The lowest BCUT2D eigenvalue weighted by atomic mass is 9.96. The molecule has 0 spiro atoms. The molecule has 0 heterocycles. The Morgan fingerprint density at radius 3 is 1.68 bits per heavy atom. The summed E-state index contributed by atoms with van der Waals surface area (Å²) in [7, 11) is 0. The van der Waals surface area contributed by atoms with Gasteiger partial charge in [0.25, 0.3) is 0 Å². The average molecular weight is 328 g/mol. The summed E-state index contributed by atoms with van der Waals surface area (Å²) in [5.41, 5.74) is 2.87. The Kier molecular flexibility index (Phi) is 6.06. The highest BCUT2D eigenvalue weighted by atomic mass is 14.1. The van der Waals surface area contributed by atoms with Crippen molar-refractivity contribution >= 4 is 21.5 Å². The molecule has 0 aliphatic rings. The maximum absolute atomic E-state index is 3.81. The third-order valence-electron chi connectivity index (χ3n) is 4.96. The highest BCUT2D eigenvalue weighted by Gasteiger charge is 2.03. The Morgan fingerprint density at radius 2 is 1.12 bits per heavy atom. The summed E-state index contributed by atoms with van der Waals surface area (Å²) in [6.45, 7) is 7.60. The monoisotopic (exact) mass is 328 g/mol. The van der Waals surface area contributed by atoms with E-state index < -0.39 is 0 Å². The fourth-order valence-corrected chi connectivity index (χ4v) is 3.55. The molecule has 128 valence electrons. The Labute approximate surface area is 151 Å². The molecule has 0 saturated heterocycles. The molecule has 0 aliphatic carbocycles. The van der Waals surface area contributed by atoms with Gasteiger partial charge in [-0.25, -0.2) is 0 Å². The molecule has 0 N–H and O–H groups in total. The number of hydrogen-bond acceptors (Lipinski definition) is 0. The highest BCUT2D eigenvalue weighted by molar-refractivity contribution is 6.07. The number of benzene rings is 3. The zero-order chi connectivity index (χ0) is 17.5. The lowest BCUT2D eigenvalue weighted by molar-refractivity contribution is 0.749. The molecule has 0 nitrogen and oxygen atoms in total. The van der Waals surface area contributed by atoms with Gasteiger partial charge in [-0.2, -0.15) is 0 Å². The zero-order valence-electron chi connectivity index (χ0n) is 15.1. The van der Waals surface area contributed by atoms with Crippen molar-refractivity contribution in [2.75, 3.05) is 0 Å². The molecule has 0 aliphatic heterocycles. The number of hydrogen-bond donors (Lipinski definition) is 0. The Hall–Kier alpha value is -2.34. The average Bonchev–Trinajstić information content (AvgIpc) is 2.65. The molecule has 0 unspecified atom stereocenters. The number of allylic oxidation sites excluding steroid dienone is 2. The van der Waals surface area contributed by atoms with E-state index >= 15 is 0 Å². The first-order valence-corrected chi connectivity index (χ1v) is 9.48. The van der Waals surface area contributed by atoms with E-state index in [-0.39, 0.29) is 0 Å². The van der Waals surface area contributed by atoms with Crippen LogP contribution < -0.4 is 0 Å². The molecule has 0 saturated carbocycles. The van der Waals surface area contributed by atoms with Gasteiger partial charge >= 0.3 is 0 Å². The second kappa shape index (κ2) is 8.67. The summed E-state index contributed by atoms with van der Waals surface area (Å²) in [6.07, 6.45) is 12.2. The molecule has 0 atom stereocenters. The lowest BCUT2D eigenvalue weighted by Crippen LogP contribution is -1.88. The molecule has 0 amide bonds. The summed E-state index contributed by atoms with van der Waals surface area (Å²) in [4.78, 5) is 0. The molecule has 0 radical (unpaired) electrons. The maximum atomic E-state index is 3.81. The third-order valence-corrected chi connectivity index (χ3v) is 4.96. The van der Waals surface area contributed by atoms with Gasteiger partial charge in [0.2, 0.25) is 0 Å². The molecule has 3 aromatic carbocycles. The molecule has 0 aromatic heterocycles. The molecule has 3 rings (SSSR count). The topological polar surface area (TPSA) is 0 Å². The van der Waals surface area contributed by atoms with Gasteiger partial charge in [-0.05, 0) is 77.6 Å². The Bertz CT molecular complexity index is 870. The molecular weight excluding hydrogens is 300 g/mol. The summed E-state index contributed by atoms with van der Waals surface area (Å²) in [5, 5.41) is 5.43. The molecule has 3 aromatic rings. The predicted octanol–water partition coefficient (Wildman–Crippen LogP) is 7.40. The number of aryl methyl sites for hydroxylation is 2. The van der Waals surface area contributed by atoms with Crippen LogP contribution in [0.25, 0.3) is 21.5 Å². The minimum Gasteiger partial charge on any atom is -0.103 e. The van der Waals surface area contributed by atoms with Crippen molar-refractivity contribution in [3.63, 3.8) is 0 Å². The van der Waals surface area contributed by atoms with Crippen molar-refractivity contribution in [3.05, 3.63) is 85.0 Å². The zero-order valence-corrected chi connectivity index (χ0v) is 15.1. The summed E-state index contributed by atoms with van der Waals surface area (Å²) >= 11 is 0. The van der Waals surface area contributed by atoms with Crippen LogP contribution in [0.2, 0.25) is 0 Å². The SMILES string of the molecule is C=CCCCCc1ccc2c(ccc3cc(CCCC=C)ccc32)c1. The quantitative estimate of drug-likeness (QED) is 0.218. The normalized spacial score (nSPS) is 11.0. The fraction of sp³-hybridized carbons (Fsp3) is 0.280. The first-order chi connectivity index (χ1) is 12.3. The predicted molar refractivity (Wildman–Crippen MR) is 112 cm³/mol. The van der Waals surface area contributed by atoms with Crippen LogP contribution in [0.1, 0.15) is 43.2 Å². The number of unbranched alkanes of at least 4 members (excludes halogenated alkanes) is 3. The van der Waals surface area contributed by atoms with E-state index in [9.17, 15) is 0 Å². The van der Waals surface area contributed by atoms with Crippen LogP contribution in [-0.2, 0) is 12.8 Å². The third kappa shape index (κ3) is 4.39. The van der Waals surface area contributed by atoms with E-state index in [1.807, 2.05) is 12.2 Å². The molecule has 0 bridgehead atoms. The van der Waals surface area contributed by atoms with Crippen LogP contribution in [0, 0.1) is 0 Å². The van der Waals surface area contributed by atoms with Crippen molar-refractivity contribution in [3.8, 4) is 0 Å². The van der Waals surface area contributed by atoms with Crippen molar-refractivity contribution in [2.45, 2.75) is 44.9 Å². The van der Waals surface area contributed by atoms with Crippen molar-refractivity contribution in [1.82, 2.24) is 0 Å². The minimum atomic E-state index is 1.09. The molecule has 0 fully saturated rings. The van der Waals surface area contributed by atoms with E-state index in [0.717, 1.165) is 25.7 Å². The van der Waals surface area contributed by atoms with Gasteiger partial charge < -0.3 is 0 Å². The standard InChI is InChI=1S/C25H28/c1-3-5-7-9-11-21-13-17-25-23(19-21)15-14-22-18-20(10-8-6-4-2)12-16-24(22)25/h3-4,12-19H,1-2,5-11H2. The molecule has 0 heteroatoms. The van der Waals surface area contributed by atoms with Crippen molar-refractivity contribution < 1.29 is 0 Å².